The van der Waals surface area contributed by atoms with Crippen LogP contribution in [0.2, 0.25) is 0 Å². The molecule has 0 unspecified atom stereocenters. The summed E-state index contributed by atoms with van der Waals surface area (Å²) in [7, 11) is 1.41. The summed E-state index contributed by atoms with van der Waals surface area (Å²) in [5.41, 5.74) is 3.37. The van der Waals surface area contributed by atoms with E-state index in [1.165, 1.54) is 19.2 Å². The number of ether oxygens (including phenoxy) is 1. The van der Waals surface area contributed by atoms with Crippen LogP contribution in [0.4, 0.5) is 11.4 Å². The zero-order valence-corrected chi connectivity index (χ0v) is 12.1. The summed E-state index contributed by atoms with van der Waals surface area (Å²) in [5.74, 6) is -0.00595. The fraction of sp³-hybridized carbons (Fsp3) is 0.188. The summed E-state index contributed by atoms with van der Waals surface area (Å²) in [4.78, 5) is 10.9. The zero-order valence-electron chi connectivity index (χ0n) is 12.1. The SMILES string of the molecule is COc1cc(N=Nc2c(C)cccc2C)cc(C=O)c1O. The van der Waals surface area contributed by atoms with Crippen LogP contribution in [-0.2, 0) is 0 Å². The number of aryl methyl sites for hydroxylation is 2. The van der Waals surface area contributed by atoms with Crippen molar-refractivity contribution in [1.82, 2.24) is 0 Å². The number of aromatic hydroxyl groups is 1. The first-order valence-corrected chi connectivity index (χ1v) is 6.41. The van der Waals surface area contributed by atoms with Gasteiger partial charge in [0.2, 0.25) is 0 Å². The van der Waals surface area contributed by atoms with Crippen LogP contribution >= 0.6 is 0 Å². The number of methoxy groups -OCH3 is 1. The van der Waals surface area contributed by atoms with Crippen molar-refractivity contribution >= 4 is 17.7 Å². The van der Waals surface area contributed by atoms with E-state index in [9.17, 15) is 9.90 Å². The molecule has 0 bridgehead atoms. The van der Waals surface area contributed by atoms with Gasteiger partial charge in [-0.25, -0.2) is 0 Å². The van der Waals surface area contributed by atoms with Crippen molar-refractivity contribution < 1.29 is 14.6 Å². The minimum Gasteiger partial charge on any atom is -0.504 e. The van der Waals surface area contributed by atoms with Crippen molar-refractivity contribution in [2.75, 3.05) is 7.11 Å². The monoisotopic (exact) mass is 284 g/mol. The van der Waals surface area contributed by atoms with Crippen LogP contribution < -0.4 is 4.74 Å². The van der Waals surface area contributed by atoms with E-state index in [0.717, 1.165) is 16.8 Å². The van der Waals surface area contributed by atoms with Crippen molar-refractivity contribution in [3.05, 3.63) is 47.0 Å². The van der Waals surface area contributed by atoms with Crippen LogP contribution in [0.15, 0.2) is 40.6 Å². The summed E-state index contributed by atoms with van der Waals surface area (Å²) in [6.07, 6.45) is 0.551. The third-order valence-corrected chi connectivity index (χ3v) is 3.14. The molecule has 2 aromatic carbocycles. The Morgan fingerprint density at radius 1 is 1.14 bits per heavy atom. The van der Waals surface area contributed by atoms with Crippen LogP contribution in [0, 0.1) is 13.8 Å². The summed E-state index contributed by atoms with van der Waals surface area (Å²) < 4.78 is 5.02. The second-order valence-corrected chi connectivity index (χ2v) is 4.64. The van der Waals surface area contributed by atoms with E-state index in [4.69, 9.17) is 4.74 Å². The van der Waals surface area contributed by atoms with Crippen LogP contribution in [-0.4, -0.2) is 18.5 Å². The number of carbonyl (C=O) groups excluding carboxylic acids is 1. The molecule has 0 spiro atoms. The largest absolute Gasteiger partial charge is 0.504 e. The van der Waals surface area contributed by atoms with E-state index in [2.05, 4.69) is 10.2 Å². The predicted molar refractivity (Wildman–Crippen MR) is 80.1 cm³/mol. The Hall–Kier alpha value is -2.69. The van der Waals surface area contributed by atoms with Gasteiger partial charge in [0.1, 0.15) is 0 Å². The zero-order chi connectivity index (χ0) is 15.4. The Labute approximate surface area is 122 Å². The number of phenols is 1. The molecule has 108 valence electrons. The standard InChI is InChI=1S/C16H16N2O3/c1-10-5-4-6-11(2)15(10)18-17-13-7-12(9-19)16(20)14(8-13)21-3/h4-9,20H,1-3H3. The molecule has 2 rings (SSSR count). The molecule has 0 saturated heterocycles. The van der Waals surface area contributed by atoms with Crippen LogP contribution in [0.3, 0.4) is 0 Å². The Balaban J connectivity index is 2.44. The van der Waals surface area contributed by atoms with Gasteiger partial charge < -0.3 is 9.84 Å². The quantitative estimate of drug-likeness (QED) is 0.674. The topological polar surface area (TPSA) is 71.2 Å². The van der Waals surface area contributed by atoms with Crippen molar-refractivity contribution in [3.63, 3.8) is 0 Å². The number of hydrogen-bond donors (Lipinski definition) is 1. The fourth-order valence-corrected chi connectivity index (χ4v) is 1.99. The smallest absolute Gasteiger partial charge is 0.168 e. The number of aldehydes is 1. The van der Waals surface area contributed by atoms with E-state index in [0.29, 0.717) is 12.0 Å². The molecule has 5 heteroatoms. The van der Waals surface area contributed by atoms with Gasteiger partial charge in [-0.1, -0.05) is 18.2 Å². The molecule has 0 aliphatic carbocycles. The lowest BCUT2D eigenvalue weighted by Gasteiger charge is -2.06. The van der Waals surface area contributed by atoms with Gasteiger partial charge in [-0.15, -0.1) is 0 Å². The molecule has 0 radical (unpaired) electrons. The molecule has 2 aromatic rings. The highest BCUT2D eigenvalue weighted by atomic mass is 16.5. The number of benzene rings is 2. The normalized spacial score (nSPS) is 10.8. The Bertz CT molecular complexity index is 689. The van der Waals surface area contributed by atoms with E-state index in [1.54, 1.807) is 0 Å². The van der Waals surface area contributed by atoms with Gasteiger partial charge in [0.05, 0.1) is 24.0 Å². The molecule has 1 N–H and O–H groups in total. The van der Waals surface area contributed by atoms with Crippen molar-refractivity contribution in [3.8, 4) is 11.5 Å². The van der Waals surface area contributed by atoms with Crippen molar-refractivity contribution in [2.45, 2.75) is 13.8 Å². The molecule has 0 aliphatic rings. The molecular formula is C16H16N2O3. The van der Waals surface area contributed by atoms with E-state index >= 15 is 0 Å². The lowest BCUT2D eigenvalue weighted by molar-refractivity contribution is 0.112. The molecule has 0 fully saturated rings. The van der Waals surface area contributed by atoms with Gasteiger partial charge >= 0.3 is 0 Å². The van der Waals surface area contributed by atoms with Gasteiger partial charge in [0.25, 0.3) is 0 Å². The fourth-order valence-electron chi connectivity index (χ4n) is 1.99. The number of phenolic OH excluding ortho intramolecular Hbond substituents is 1. The first-order chi connectivity index (χ1) is 10.1. The summed E-state index contributed by atoms with van der Waals surface area (Å²) in [6.45, 7) is 3.91. The minimum absolute atomic E-state index is 0.116. The van der Waals surface area contributed by atoms with Gasteiger partial charge in [-0.05, 0) is 31.0 Å². The summed E-state index contributed by atoms with van der Waals surface area (Å²) in [6, 6.07) is 8.85. The van der Waals surface area contributed by atoms with Crippen LogP contribution in [0.25, 0.3) is 0 Å². The molecule has 0 atom stereocenters. The molecule has 0 heterocycles. The second kappa shape index (κ2) is 6.17. The van der Waals surface area contributed by atoms with Crippen molar-refractivity contribution in [1.29, 1.82) is 0 Å². The van der Waals surface area contributed by atoms with Crippen LogP contribution in [0.5, 0.6) is 11.5 Å². The third kappa shape index (κ3) is 3.08. The van der Waals surface area contributed by atoms with Gasteiger partial charge in [0, 0.05) is 6.07 Å². The molecule has 0 aliphatic heterocycles. The number of hydrogen-bond acceptors (Lipinski definition) is 5. The Morgan fingerprint density at radius 3 is 2.38 bits per heavy atom. The predicted octanol–water partition coefficient (Wildman–Crippen LogP) is 4.25. The summed E-state index contributed by atoms with van der Waals surface area (Å²) in [5, 5.41) is 18.1. The summed E-state index contributed by atoms with van der Waals surface area (Å²) >= 11 is 0. The first-order valence-electron chi connectivity index (χ1n) is 6.41. The molecule has 0 saturated carbocycles. The van der Waals surface area contributed by atoms with Gasteiger partial charge in [0.15, 0.2) is 17.8 Å². The number of azo groups is 1. The lowest BCUT2D eigenvalue weighted by Crippen LogP contribution is -1.88. The van der Waals surface area contributed by atoms with E-state index in [-0.39, 0.29) is 17.1 Å². The third-order valence-electron chi connectivity index (χ3n) is 3.14. The molecule has 0 aromatic heterocycles. The highest BCUT2D eigenvalue weighted by Crippen LogP contribution is 2.35. The molecular weight excluding hydrogens is 268 g/mol. The highest BCUT2D eigenvalue weighted by molar-refractivity contribution is 5.83. The average Bonchev–Trinajstić information content (AvgIpc) is 2.48. The van der Waals surface area contributed by atoms with Gasteiger partial charge in [-0.3, -0.25) is 4.79 Å². The lowest BCUT2D eigenvalue weighted by atomic mass is 10.1. The second-order valence-electron chi connectivity index (χ2n) is 4.64. The maximum Gasteiger partial charge on any atom is 0.168 e. The van der Waals surface area contributed by atoms with Crippen LogP contribution in [0.1, 0.15) is 21.5 Å². The van der Waals surface area contributed by atoms with E-state index < -0.39 is 0 Å². The number of carbonyl (C=O) groups is 1. The van der Waals surface area contributed by atoms with E-state index in [1.807, 2.05) is 32.0 Å². The average molecular weight is 284 g/mol. The maximum absolute atomic E-state index is 10.9. The van der Waals surface area contributed by atoms with Crippen molar-refractivity contribution in [2.24, 2.45) is 10.2 Å². The maximum atomic E-state index is 10.9. The first kappa shape index (κ1) is 14.7. The highest BCUT2D eigenvalue weighted by Gasteiger charge is 2.10. The van der Waals surface area contributed by atoms with Gasteiger partial charge in [-0.2, -0.15) is 10.2 Å². The Morgan fingerprint density at radius 2 is 1.81 bits per heavy atom. The number of nitrogens with zero attached hydrogens (tertiary/aromatic N) is 2. The molecule has 5 nitrogen and oxygen atoms in total. The minimum atomic E-state index is -0.196. The molecule has 21 heavy (non-hydrogen) atoms. The number of rotatable bonds is 4. The molecule has 0 amide bonds. The Kier molecular flexibility index (Phi) is 4.33.